The molecule has 0 spiro atoms. The molecule has 0 aliphatic rings. The molecule has 2 aromatic heterocycles. The number of H-pyrrole nitrogens is 2. The van der Waals surface area contributed by atoms with Crippen LogP contribution in [0.3, 0.4) is 0 Å². The molecule has 0 radical (unpaired) electrons. The van der Waals surface area contributed by atoms with E-state index in [-0.39, 0.29) is 5.56 Å². The summed E-state index contributed by atoms with van der Waals surface area (Å²) in [6, 6.07) is 2.02. The summed E-state index contributed by atoms with van der Waals surface area (Å²) in [5.41, 5.74) is 2.67. The predicted molar refractivity (Wildman–Crippen MR) is 60.2 cm³/mol. The molecule has 4 heteroatoms. The number of aromatic amines is 2. The van der Waals surface area contributed by atoms with Gasteiger partial charge in [-0.05, 0) is 24.0 Å². The highest BCUT2D eigenvalue weighted by molar-refractivity contribution is 5.78. The number of hydrogen-bond donors (Lipinski definition) is 2. The van der Waals surface area contributed by atoms with Crippen molar-refractivity contribution in [2.24, 2.45) is 0 Å². The van der Waals surface area contributed by atoms with Crippen LogP contribution in [0, 0.1) is 0 Å². The molecular formula is C11H15N3O. The first-order valence-corrected chi connectivity index (χ1v) is 5.23. The van der Waals surface area contributed by atoms with Crippen molar-refractivity contribution in [3.63, 3.8) is 0 Å². The molecule has 0 saturated carbocycles. The number of aromatic nitrogens is 3. The normalized spacial score (nSPS) is 11.5. The van der Waals surface area contributed by atoms with Crippen LogP contribution < -0.4 is 5.56 Å². The van der Waals surface area contributed by atoms with Crippen LogP contribution in [0.4, 0.5) is 0 Å². The zero-order valence-electron chi connectivity index (χ0n) is 9.22. The zero-order valence-corrected chi connectivity index (χ0v) is 9.22. The van der Waals surface area contributed by atoms with Gasteiger partial charge in [0.15, 0.2) is 5.65 Å². The fourth-order valence-corrected chi connectivity index (χ4v) is 1.76. The Morgan fingerprint density at radius 1 is 1.40 bits per heavy atom. The van der Waals surface area contributed by atoms with Crippen molar-refractivity contribution in [2.75, 3.05) is 0 Å². The third-order valence-corrected chi connectivity index (χ3v) is 2.61. The van der Waals surface area contributed by atoms with Gasteiger partial charge in [0.1, 0.15) is 0 Å². The van der Waals surface area contributed by atoms with E-state index in [1.807, 2.05) is 6.07 Å². The summed E-state index contributed by atoms with van der Waals surface area (Å²) in [6.45, 7) is 6.23. The summed E-state index contributed by atoms with van der Waals surface area (Å²) in [5, 5.41) is 6.09. The topological polar surface area (TPSA) is 61.5 Å². The molecule has 80 valence electrons. The van der Waals surface area contributed by atoms with Gasteiger partial charge in [-0.1, -0.05) is 20.8 Å². The largest absolute Gasteiger partial charge is 0.281 e. The summed E-state index contributed by atoms with van der Waals surface area (Å²) >= 11 is 0. The van der Waals surface area contributed by atoms with Crippen LogP contribution >= 0.6 is 0 Å². The van der Waals surface area contributed by atoms with Gasteiger partial charge < -0.3 is 0 Å². The van der Waals surface area contributed by atoms with Crippen LogP contribution in [0.1, 0.15) is 37.9 Å². The number of hydrogen-bond acceptors (Lipinski definition) is 2. The molecule has 2 aromatic rings. The molecule has 0 saturated heterocycles. The number of nitrogens with one attached hydrogen (secondary N) is 2. The van der Waals surface area contributed by atoms with Gasteiger partial charge in [0, 0.05) is 5.69 Å². The lowest BCUT2D eigenvalue weighted by atomic mass is 10.00. The van der Waals surface area contributed by atoms with Crippen molar-refractivity contribution in [2.45, 2.75) is 33.1 Å². The first-order valence-electron chi connectivity index (χ1n) is 5.23. The van der Waals surface area contributed by atoms with Crippen molar-refractivity contribution in [3.8, 4) is 0 Å². The lowest BCUT2D eigenvalue weighted by Crippen LogP contribution is -2.03. The van der Waals surface area contributed by atoms with E-state index in [9.17, 15) is 4.79 Å². The van der Waals surface area contributed by atoms with Crippen LogP contribution in [0.25, 0.3) is 11.0 Å². The molecule has 4 nitrogen and oxygen atoms in total. The molecular weight excluding hydrogens is 190 g/mol. The van der Waals surface area contributed by atoms with Gasteiger partial charge >= 0.3 is 0 Å². The fraction of sp³-hybridized carbons (Fsp3) is 0.455. The van der Waals surface area contributed by atoms with Gasteiger partial charge in [-0.25, -0.2) is 4.98 Å². The number of fused-ring (bicyclic) bond motifs is 1. The molecule has 2 rings (SSSR count). The summed E-state index contributed by atoms with van der Waals surface area (Å²) < 4.78 is 0. The molecule has 0 unspecified atom stereocenters. The SMILES string of the molecule is CCc1cc(C(C)C)c2c(=O)[nH][nH]c2n1. The Kier molecular flexibility index (Phi) is 2.34. The quantitative estimate of drug-likeness (QED) is 0.787. The van der Waals surface area contributed by atoms with Gasteiger partial charge in [-0.3, -0.25) is 15.0 Å². The van der Waals surface area contributed by atoms with E-state index in [2.05, 4.69) is 36.0 Å². The highest BCUT2D eigenvalue weighted by atomic mass is 16.1. The molecule has 0 atom stereocenters. The van der Waals surface area contributed by atoms with Gasteiger partial charge in [0.05, 0.1) is 5.39 Å². The van der Waals surface area contributed by atoms with Crippen LogP contribution in [-0.4, -0.2) is 15.2 Å². The molecule has 15 heavy (non-hydrogen) atoms. The molecule has 0 aliphatic heterocycles. The fourth-order valence-electron chi connectivity index (χ4n) is 1.76. The second-order valence-corrected chi connectivity index (χ2v) is 4.01. The Labute approximate surface area is 87.7 Å². The number of rotatable bonds is 2. The predicted octanol–water partition coefficient (Wildman–Crippen LogP) is 1.94. The maximum Gasteiger partial charge on any atom is 0.273 e. The van der Waals surface area contributed by atoms with Crippen LogP contribution in [-0.2, 0) is 6.42 Å². The highest BCUT2D eigenvalue weighted by Gasteiger charge is 2.12. The summed E-state index contributed by atoms with van der Waals surface area (Å²) in [5.74, 6) is 0.331. The average molecular weight is 205 g/mol. The van der Waals surface area contributed by atoms with Crippen LogP contribution in [0.15, 0.2) is 10.9 Å². The van der Waals surface area contributed by atoms with E-state index in [0.29, 0.717) is 17.0 Å². The van der Waals surface area contributed by atoms with E-state index in [4.69, 9.17) is 0 Å². The summed E-state index contributed by atoms with van der Waals surface area (Å²) in [6.07, 6.45) is 0.878. The number of nitrogens with zero attached hydrogens (tertiary/aromatic N) is 1. The van der Waals surface area contributed by atoms with Crippen molar-refractivity contribution >= 4 is 11.0 Å². The first kappa shape index (κ1) is 9.96. The minimum absolute atomic E-state index is 0.0798. The van der Waals surface area contributed by atoms with Gasteiger partial charge in [-0.2, -0.15) is 0 Å². The second-order valence-electron chi connectivity index (χ2n) is 4.01. The molecule has 2 N–H and O–H groups in total. The molecule has 0 fully saturated rings. The third-order valence-electron chi connectivity index (χ3n) is 2.61. The highest BCUT2D eigenvalue weighted by Crippen LogP contribution is 2.21. The molecule has 0 aliphatic carbocycles. The van der Waals surface area contributed by atoms with E-state index in [1.165, 1.54) is 0 Å². The molecule has 2 heterocycles. The van der Waals surface area contributed by atoms with Gasteiger partial charge in [0.25, 0.3) is 5.56 Å². The third kappa shape index (κ3) is 1.56. The van der Waals surface area contributed by atoms with Crippen molar-refractivity contribution < 1.29 is 0 Å². The summed E-state index contributed by atoms with van der Waals surface area (Å²) in [7, 11) is 0. The lowest BCUT2D eigenvalue weighted by Gasteiger charge is -2.07. The molecule has 0 bridgehead atoms. The smallest absolute Gasteiger partial charge is 0.273 e. The maximum atomic E-state index is 11.6. The molecule has 0 aromatic carbocycles. The Morgan fingerprint density at radius 2 is 2.13 bits per heavy atom. The minimum Gasteiger partial charge on any atom is -0.281 e. The van der Waals surface area contributed by atoms with Crippen LogP contribution in [0.5, 0.6) is 0 Å². The first-order chi connectivity index (χ1) is 7.13. The van der Waals surface area contributed by atoms with Crippen molar-refractivity contribution in [3.05, 3.63) is 27.7 Å². The molecule has 0 amide bonds. The zero-order chi connectivity index (χ0) is 11.0. The van der Waals surface area contributed by atoms with E-state index in [1.54, 1.807) is 0 Å². The van der Waals surface area contributed by atoms with E-state index < -0.39 is 0 Å². The van der Waals surface area contributed by atoms with Crippen molar-refractivity contribution in [1.29, 1.82) is 0 Å². The maximum absolute atomic E-state index is 11.6. The standard InChI is InChI=1S/C11H15N3O/c1-4-7-5-8(6(2)3)9-10(12-7)13-14-11(9)15/h5-6H,4H2,1-3H3,(H2,12,13,14,15). The van der Waals surface area contributed by atoms with E-state index in [0.717, 1.165) is 17.7 Å². The Balaban J connectivity index is 2.83. The minimum atomic E-state index is -0.0798. The Morgan fingerprint density at radius 3 is 2.73 bits per heavy atom. The van der Waals surface area contributed by atoms with Gasteiger partial charge in [-0.15, -0.1) is 0 Å². The Hall–Kier alpha value is -1.58. The summed E-state index contributed by atoms with van der Waals surface area (Å²) in [4.78, 5) is 15.9. The number of pyridine rings is 1. The lowest BCUT2D eigenvalue weighted by molar-refractivity contribution is 0.866. The monoisotopic (exact) mass is 205 g/mol. The number of aryl methyl sites for hydroxylation is 1. The Bertz CT molecular complexity index is 536. The second kappa shape index (κ2) is 3.53. The van der Waals surface area contributed by atoms with Crippen LogP contribution in [0.2, 0.25) is 0 Å². The van der Waals surface area contributed by atoms with Crippen molar-refractivity contribution in [1.82, 2.24) is 15.2 Å². The van der Waals surface area contributed by atoms with Gasteiger partial charge in [0.2, 0.25) is 0 Å². The average Bonchev–Trinajstić information content (AvgIpc) is 2.59. The van der Waals surface area contributed by atoms with E-state index >= 15 is 0 Å².